The summed E-state index contributed by atoms with van der Waals surface area (Å²) in [5.74, 6) is 0.163. The molecule has 3 aromatic carbocycles. The van der Waals surface area contributed by atoms with E-state index < -0.39 is 0 Å². The summed E-state index contributed by atoms with van der Waals surface area (Å²) in [6, 6.07) is 19.1. The van der Waals surface area contributed by atoms with E-state index in [1.54, 1.807) is 11.3 Å². The fourth-order valence-corrected chi connectivity index (χ4v) is 9.06. The van der Waals surface area contributed by atoms with Gasteiger partial charge in [-0.2, -0.15) is 0 Å². The van der Waals surface area contributed by atoms with Gasteiger partial charge < -0.3 is 0 Å². The fraction of sp³-hybridized carbons (Fsp3) is 0.488. The van der Waals surface area contributed by atoms with E-state index in [9.17, 15) is 4.79 Å². The zero-order valence-corrected chi connectivity index (χ0v) is 28.9. The summed E-state index contributed by atoms with van der Waals surface area (Å²) in [5, 5.41) is 7.41. The Bertz CT molecular complexity index is 1550. The molecule has 0 spiro atoms. The molecular weight excluding hydrogens is 573 g/mol. The maximum absolute atomic E-state index is 13.9. The quantitative estimate of drug-likeness (QED) is 0.0622. The first-order valence-electron chi connectivity index (χ1n) is 17.7. The van der Waals surface area contributed by atoms with E-state index in [-0.39, 0.29) is 5.78 Å². The van der Waals surface area contributed by atoms with Gasteiger partial charge in [0.25, 0.3) is 0 Å². The highest BCUT2D eigenvalue weighted by Gasteiger charge is 2.21. The maximum atomic E-state index is 13.9. The standard InChI is InChI=1S/C41H52OS2/c1-3-5-7-9-11-13-15-17-23-34-36-27-28-43-40(36)35(24-18-16-14-12-10-8-6-4-2)37-30-38(44-41(34)37)39(42)33-26-25-31-21-19-20-22-32(31)29-33/h19-22,25-30H,3-18,23-24H2,1-2H3. The molecule has 5 aromatic rings. The van der Waals surface area contributed by atoms with Crippen LogP contribution in [0.4, 0.5) is 0 Å². The molecular formula is C41H52OS2. The summed E-state index contributed by atoms with van der Waals surface area (Å²) in [4.78, 5) is 14.8. The Morgan fingerprint density at radius 3 is 1.77 bits per heavy atom. The summed E-state index contributed by atoms with van der Waals surface area (Å²) >= 11 is 3.66. The van der Waals surface area contributed by atoms with Gasteiger partial charge in [0.15, 0.2) is 0 Å². The zero-order chi connectivity index (χ0) is 30.6. The first kappa shape index (κ1) is 32.9. The average molecular weight is 625 g/mol. The third kappa shape index (κ3) is 8.40. The van der Waals surface area contributed by atoms with Crippen LogP contribution >= 0.6 is 22.7 Å². The second kappa shape index (κ2) is 17.3. The topological polar surface area (TPSA) is 17.1 Å². The predicted molar refractivity (Wildman–Crippen MR) is 197 cm³/mol. The van der Waals surface area contributed by atoms with E-state index in [0.29, 0.717) is 0 Å². The van der Waals surface area contributed by atoms with E-state index >= 15 is 0 Å². The lowest BCUT2D eigenvalue weighted by Crippen LogP contribution is -1.98. The molecule has 3 heteroatoms. The van der Waals surface area contributed by atoms with Crippen molar-refractivity contribution < 1.29 is 4.79 Å². The number of hydrogen-bond acceptors (Lipinski definition) is 3. The average Bonchev–Trinajstić information content (AvgIpc) is 3.72. The third-order valence-electron chi connectivity index (χ3n) is 9.39. The number of carbonyl (C=O) groups is 1. The van der Waals surface area contributed by atoms with Gasteiger partial charge in [-0.25, -0.2) is 0 Å². The van der Waals surface area contributed by atoms with Crippen LogP contribution in [0.3, 0.4) is 0 Å². The number of aryl methyl sites for hydroxylation is 2. The number of fused-ring (bicyclic) bond motifs is 3. The maximum Gasteiger partial charge on any atom is 0.203 e. The molecule has 0 aliphatic rings. The van der Waals surface area contributed by atoms with Crippen LogP contribution in [-0.4, -0.2) is 5.78 Å². The second-order valence-electron chi connectivity index (χ2n) is 12.8. The van der Waals surface area contributed by atoms with Gasteiger partial charge in [-0.3, -0.25) is 4.79 Å². The van der Waals surface area contributed by atoms with Crippen molar-refractivity contribution in [3.8, 4) is 0 Å². The highest BCUT2D eigenvalue weighted by molar-refractivity contribution is 7.22. The Balaban J connectivity index is 1.38. The lowest BCUT2D eigenvalue weighted by atomic mass is 9.94. The number of rotatable bonds is 20. The number of unbranched alkanes of at least 4 members (excludes halogenated alkanes) is 14. The Morgan fingerprint density at radius 1 is 0.568 bits per heavy atom. The first-order chi connectivity index (χ1) is 21.7. The van der Waals surface area contributed by atoms with Crippen LogP contribution in [0.2, 0.25) is 0 Å². The van der Waals surface area contributed by atoms with Crippen molar-refractivity contribution in [2.45, 2.75) is 129 Å². The smallest absolute Gasteiger partial charge is 0.203 e. The number of carbonyl (C=O) groups excluding carboxylic acids is 1. The molecule has 1 nitrogen and oxygen atoms in total. The molecule has 0 saturated carbocycles. The molecule has 2 aromatic heterocycles. The van der Waals surface area contributed by atoms with Crippen molar-refractivity contribution >= 4 is 59.4 Å². The molecule has 0 amide bonds. The molecule has 5 rings (SSSR count). The van der Waals surface area contributed by atoms with Gasteiger partial charge in [-0.05, 0) is 81.9 Å². The molecule has 2 heterocycles. The van der Waals surface area contributed by atoms with Crippen LogP contribution < -0.4 is 0 Å². The van der Waals surface area contributed by atoms with E-state index in [0.717, 1.165) is 28.7 Å². The summed E-state index contributed by atoms with van der Waals surface area (Å²) < 4.78 is 2.84. The summed E-state index contributed by atoms with van der Waals surface area (Å²) in [6.07, 6.45) is 23.6. The molecule has 44 heavy (non-hydrogen) atoms. The van der Waals surface area contributed by atoms with E-state index in [2.05, 4.69) is 67.8 Å². The van der Waals surface area contributed by atoms with Crippen molar-refractivity contribution in [1.29, 1.82) is 0 Å². The van der Waals surface area contributed by atoms with Crippen molar-refractivity contribution in [2.24, 2.45) is 0 Å². The molecule has 234 valence electrons. The van der Waals surface area contributed by atoms with Gasteiger partial charge >= 0.3 is 0 Å². The number of benzene rings is 3. The summed E-state index contributed by atoms with van der Waals surface area (Å²) in [6.45, 7) is 4.58. The summed E-state index contributed by atoms with van der Waals surface area (Å²) in [7, 11) is 0. The van der Waals surface area contributed by atoms with E-state index in [4.69, 9.17) is 0 Å². The molecule has 0 bridgehead atoms. The Hall–Kier alpha value is -2.49. The molecule has 0 aliphatic heterocycles. The van der Waals surface area contributed by atoms with Gasteiger partial charge in [-0.15, -0.1) is 22.7 Å². The second-order valence-corrected chi connectivity index (χ2v) is 14.8. The molecule has 0 saturated heterocycles. The molecule has 0 unspecified atom stereocenters. The Kier molecular flexibility index (Phi) is 12.9. The highest BCUT2D eigenvalue weighted by atomic mass is 32.1. The molecule has 0 atom stereocenters. The minimum Gasteiger partial charge on any atom is -0.288 e. The number of hydrogen-bond donors (Lipinski definition) is 0. The number of thiophene rings is 2. The van der Waals surface area contributed by atoms with Crippen molar-refractivity contribution in [1.82, 2.24) is 0 Å². The van der Waals surface area contributed by atoms with Gasteiger partial charge in [0.05, 0.1) is 4.88 Å². The van der Waals surface area contributed by atoms with E-state index in [1.165, 1.54) is 139 Å². The lowest BCUT2D eigenvalue weighted by Gasteiger charge is -2.12. The Labute approximate surface area is 274 Å². The zero-order valence-electron chi connectivity index (χ0n) is 27.2. The lowest BCUT2D eigenvalue weighted by molar-refractivity contribution is 0.104. The fourth-order valence-electron chi connectivity index (χ4n) is 6.82. The van der Waals surface area contributed by atoms with Crippen molar-refractivity contribution in [3.05, 3.63) is 81.5 Å². The molecule has 0 N–H and O–H groups in total. The van der Waals surface area contributed by atoms with Crippen LogP contribution in [0.5, 0.6) is 0 Å². The van der Waals surface area contributed by atoms with Crippen molar-refractivity contribution in [3.63, 3.8) is 0 Å². The third-order valence-corrected chi connectivity index (χ3v) is 11.6. The molecule has 0 fully saturated rings. The van der Waals surface area contributed by atoms with Crippen LogP contribution in [0.1, 0.15) is 143 Å². The van der Waals surface area contributed by atoms with Gasteiger partial charge in [0, 0.05) is 15.0 Å². The van der Waals surface area contributed by atoms with Gasteiger partial charge in [0.1, 0.15) is 0 Å². The summed E-state index contributed by atoms with van der Waals surface area (Å²) in [5.41, 5.74) is 3.78. The van der Waals surface area contributed by atoms with Crippen molar-refractivity contribution in [2.75, 3.05) is 0 Å². The molecule has 0 aliphatic carbocycles. The Morgan fingerprint density at radius 2 is 1.14 bits per heavy atom. The highest BCUT2D eigenvalue weighted by Crippen LogP contribution is 2.42. The first-order valence-corrected chi connectivity index (χ1v) is 19.4. The van der Waals surface area contributed by atoms with Crippen LogP contribution in [0.15, 0.2) is 60.0 Å². The monoisotopic (exact) mass is 624 g/mol. The van der Waals surface area contributed by atoms with Gasteiger partial charge in [-0.1, -0.05) is 140 Å². The number of ketones is 1. The van der Waals surface area contributed by atoms with Crippen LogP contribution in [0, 0.1) is 0 Å². The van der Waals surface area contributed by atoms with Crippen LogP contribution in [-0.2, 0) is 12.8 Å². The SMILES string of the molecule is CCCCCCCCCCc1c2cc(C(=O)c3ccc4ccccc4c3)sc2c(CCCCCCCCCC)c2ccsc12. The normalized spacial score (nSPS) is 11.8. The predicted octanol–water partition coefficient (Wildman–Crippen LogP) is 13.9. The minimum atomic E-state index is 0.163. The van der Waals surface area contributed by atoms with Gasteiger partial charge in [0.2, 0.25) is 5.78 Å². The largest absolute Gasteiger partial charge is 0.288 e. The van der Waals surface area contributed by atoms with E-state index in [1.807, 2.05) is 17.4 Å². The van der Waals surface area contributed by atoms with Crippen LogP contribution in [0.25, 0.3) is 30.9 Å². The minimum absolute atomic E-state index is 0.163. The molecule has 0 radical (unpaired) electrons.